The maximum atomic E-state index is 13.0. The summed E-state index contributed by atoms with van der Waals surface area (Å²) in [7, 11) is 0. The fourth-order valence-electron chi connectivity index (χ4n) is 3.72. The van der Waals surface area contributed by atoms with Gasteiger partial charge in [-0.15, -0.1) is 10.2 Å². The molecule has 1 saturated heterocycles. The van der Waals surface area contributed by atoms with Gasteiger partial charge in [0.05, 0.1) is 0 Å². The predicted molar refractivity (Wildman–Crippen MR) is 93.4 cm³/mol. The number of carbonyl (C=O) groups excluding carboxylic acids is 1. The summed E-state index contributed by atoms with van der Waals surface area (Å²) in [4.78, 5) is 14.9. The van der Waals surface area contributed by atoms with Crippen LogP contribution in [0.25, 0.3) is 5.65 Å². The third-order valence-corrected chi connectivity index (χ3v) is 5.03. The molecule has 26 heavy (non-hydrogen) atoms. The highest BCUT2D eigenvalue weighted by Gasteiger charge is 2.29. The number of ether oxygens (including phenoxy) is 2. The number of carbonyl (C=O) groups is 1. The third kappa shape index (κ3) is 2.47. The highest BCUT2D eigenvalue weighted by Crippen LogP contribution is 2.33. The van der Waals surface area contributed by atoms with Crippen molar-refractivity contribution in [3.8, 4) is 11.5 Å². The first-order valence-electron chi connectivity index (χ1n) is 8.78. The number of benzene rings is 1. The number of hydrogen-bond donors (Lipinski definition) is 0. The Labute approximate surface area is 150 Å². The zero-order chi connectivity index (χ0) is 17.5. The van der Waals surface area contributed by atoms with E-state index >= 15 is 0 Å². The monoisotopic (exact) mass is 350 g/mol. The lowest BCUT2D eigenvalue weighted by Crippen LogP contribution is -2.39. The van der Waals surface area contributed by atoms with E-state index in [2.05, 4.69) is 10.2 Å². The van der Waals surface area contributed by atoms with Crippen LogP contribution in [0.5, 0.6) is 11.5 Å². The Morgan fingerprint density at radius 2 is 2.04 bits per heavy atom. The van der Waals surface area contributed by atoms with Gasteiger partial charge in [0, 0.05) is 30.8 Å². The lowest BCUT2D eigenvalue weighted by Gasteiger charge is -2.32. The highest BCUT2D eigenvalue weighted by atomic mass is 16.7. The first-order valence-corrected chi connectivity index (χ1v) is 8.78. The number of amides is 1. The Kier molecular flexibility index (Phi) is 3.51. The van der Waals surface area contributed by atoms with Crippen molar-refractivity contribution >= 4 is 11.6 Å². The second-order valence-electron chi connectivity index (χ2n) is 6.65. The van der Waals surface area contributed by atoms with Gasteiger partial charge in [0.15, 0.2) is 17.1 Å². The normalized spacial score (nSPS) is 19.1. The summed E-state index contributed by atoms with van der Waals surface area (Å²) in [6.07, 6.45) is 3.92. The van der Waals surface area contributed by atoms with Crippen LogP contribution in [0.4, 0.5) is 0 Å². The van der Waals surface area contributed by atoms with E-state index in [1.54, 1.807) is 18.2 Å². The molecule has 2 aliphatic heterocycles. The van der Waals surface area contributed by atoms with Crippen LogP contribution in [0.3, 0.4) is 0 Å². The van der Waals surface area contributed by atoms with Gasteiger partial charge in [0.25, 0.3) is 5.91 Å². The Morgan fingerprint density at radius 3 is 3.00 bits per heavy atom. The minimum atomic E-state index is 0.0156. The maximum absolute atomic E-state index is 13.0. The van der Waals surface area contributed by atoms with Crippen LogP contribution >= 0.6 is 0 Å². The molecule has 0 radical (unpaired) electrons. The number of hydrogen-bond acceptors (Lipinski definition) is 5. The summed E-state index contributed by atoms with van der Waals surface area (Å²) in [5, 5.41) is 8.61. The molecule has 0 aliphatic carbocycles. The van der Waals surface area contributed by atoms with E-state index in [1.165, 1.54) is 0 Å². The van der Waals surface area contributed by atoms with Crippen LogP contribution in [0.15, 0.2) is 42.6 Å². The standard InChI is InChI=1S/C19H18N4O3/c24-19(13-6-7-15-16(10-13)26-12-25-15)22-8-3-4-14(11-22)18-21-20-17-5-1-2-9-23(17)18/h1-2,5-7,9-10,14H,3-4,8,11-12H2. The SMILES string of the molecule is O=C(c1ccc2c(c1)OCO2)N1CCCC(c2nnc3ccccn23)C1. The van der Waals surface area contributed by atoms with E-state index in [0.717, 1.165) is 30.9 Å². The van der Waals surface area contributed by atoms with Gasteiger partial charge >= 0.3 is 0 Å². The summed E-state index contributed by atoms with van der Waals surface area (Å²) in [6, 6.07) is 11.2. The van der Waals surface area contributed by atoms with E-state index in [0.29, 0.717) is 23.6 Å². The highest BCUT2D eigenvalue weighted by molar-refractivity contribution is 5.95. The zero-order valence-corrected chi connectivity index (χ0v) is 14.2. The van der Waals surface area contributed by atoms with Gasteiger partial charge in [0.2, 0.25) is 6.79 Å². The van der Waals surface area contributed by atoms with Gasteiger partial charge in [0.1, 0.15) is 5.82 Å². The topological polar surface area (TPSA) is 69.0 Å². The molecule has 2 aromatic heterocycles. The van der Waals surface area contributed by atoms with Crippen molar-refractivity contribution in [2.75, 3.05) is 19.9 Å². The molecule has 0 saturated carbocycles. The lowest BCUT2D eigenvalue weighted by molar-refractivity contribution is 0.0703. The van der Waals surface area contributed by atoms with Crippen LogP contribution in [0, 0.1) is 0 Å². The molecule has 0 bridgehead atoms. The first-order chi connectivity index (χ1) is 12.8. The molecule has 1 aromatic carbocycles. The molecular formula is C19H18N4O3. The van der Waals surface area contributed by atoms with Gasteiger partial charge in [-0.05, 0) is 43.2 Å². The number of aromatic nitrogens is 3. The average Bonchev–Trinajstić information content (AvgIpc) is 3.33. The number of nitrogens with zero attached hydrogens (tertiary/aromatic N) is 4. The Morgan fingerprint density at radius 1 is 1.12 bits per heavy atom. The molecule has 2 aliphatic rings. The van der Waals surface area contributed by atoms with Crippen molar-refractivity contribution in [3.63, 3.8) is 0 Å². The van der Waals surface area contributed by atoms with E-state index < -0.39 is 0 Å². The van der Waals surface area contributed by atoms with Crippen LogP contribution in [-0.4, -0.2) is 45.3 Å². The van der Waals surface area contributed by atoms with Crippen LogP contribution in [0.2, 0.25) is 0 Å². The first kappa shape index (κ1) is 15.2. The fourth-order valence-corrected chi connectivity index (χ4v) is 3.72. The molecule has 5 rings (SSSR count). The van der Waals surface area contributed by atoms with Crippen molar-refractivity contribution < 1.29 is 14.3 Å². The van der Waals surface area contributed by atoms with E-state index in [1.807, 2.05) is 33.7 Å². The molecule has 7 nitrogen and oxygen atoms in total. The third-order valence-electron chi connectivity index (χ3n) is 5.03. The quantitative estimate of drug-likeness (QED) is 0.710. The molecule has 7 heteroatoms. The lowest BCUT2D eigenvalue weighted by atomic mass is 9.96. The number of piperidine rings is 1. The van der Waals surface area contributed by atoms with Crippen LogP contribution in [-0.2, 0) is 0 Å². The van der Waals surface area contributed by atoms with Gasteiger partial charge in [-0.1, -0.05) is 6.07 Å². The van der Waals surface area contributed by atoms with Crippen LogP contribution < -0.4 is 9.47 Å². The largest absolute Gasteiger partial charge is 0.454 e. The van der Waals surface area contributed by atoms with Crippen molar-refractivity contribution in [1.82, 2.24) is 19.5 Å². The summed E-state index contributed by atoms with van der Waals surface area (Å²) >= 11 is 0. The van der Waals surface area contributed by atoms with E-state index in [-0.39, 0.29) is 18.6 Å². The molecule has 4 heterocycles. The molecule has 1 fully saturated rings. The molecule has 1 unspecified atom stereocenters. The van der Waals surface area contributed by atoms with E-state index in [4.69, 9.17) is 9.47 Å². The van der Waals surface area contributed by atoms with Crippen molar-refractivity contribution in [2.45, 2.75) is 18.8 Å². The molecule has 1 amide bonds. The van der Waals surface area contributed by atoms with Crippen LogP contribution in [0.1, 0.15) is 34.9 Å². The maximum Gasteiger partial charge on any atom is 0.254 e. The van der Waals surface area contributed by atoms with E-state index in [9.17, 15) is 4.79 Å². The minimum Gasteiger partial charge on any atom is -0.454 e. The molecule has 0 N–H and O–H groups in total. The van der Waals surface area contributed by atoms with Crippen molar-refractivity contribution in [2.24, 2.45) is 0 Å². The number of rotatable bonds is 2. The summed E-state index contributed by atoms with van der Waals surface area (Å²) in [5.74, 6) is 2.44. The Hall–Kier alpha value is -3.09. The predicted octanol–water partition coefficient (Wildman–Crippen LogP) is 2.48. The smallest absolute Gasteiger partial charge is 0.254 e. The molecule has 1 atom stereocenters. The molecule has 0 spiro atoms. The number of fused-ring (bicyclic) bond motifs is 2. The van der Waals surface area contributed by atoms with Gasteiger partial charge < -0.3 is 14.4 Å². The Balaban J connectivity index is 1.39. The summed E-state index contributed by atoms with van der Waals surface area (Å²) < 4.78 is 12.7. The fraction of sp³-hybridized carbons (Fsp3) is 0.316. The molecule has 3 aromatic rings. The zero-order valence-electron chi connectivity index (χ0n) is 14.2. The summed E-state index contributed by atoms with van der Waals surface area (Å²) in [6.45, 7) is 1.60. The van der Waals surface area contributed by atoms with Crippen molar-refractivity contribution in [3.05, 3.63) is 54.0 Å². The second kappa shape index (κ2) is 6.01. The van der Waals surface area contributed by atoms with Gasteiger partial charge in [-0.2, -0.15) is 0 Å². The number of likely N-dealkylation sites (tertiary alicyclic amines) is 1. The van der Waals surface area contributed by atoms with Crippen molar-refractivity contribution in [1.29, 1.82) is 0 Å². The molecule has 132 valence electrons. The van der Waals surface area contributed by atoms with Gasteiger partial charge in [-0.3, -0.25) is 9.20 Å². The summed E-state index contributed by atoms with van der Waals surface area (Å²) in [5.41, 5.74) is 1.46. The number of pyridine rings is 1. The van der Waals surface area contributed by atoms with Gasteiger partial charge in [-0.25, -0.2) is 0 Å². The Bertz CT molecular complexity index is 984. The average molecular weight is 350 g/mol. The molecular weight excluding hydrogens is 332 g/mol. The minimum absolute atomic E-state index is 0.0156. The second-order valence-corrected chi connectivity index (χ2v) is 6.65.